The Bertz CT molecular complexity index is 2880. The second kappa shape index (κ2) is 11.5. The average Bonchev–Trinajstić information content (AvgIpc) is 3.87. The van der Waals surface area contributed by atoms with Crippen molar-refractivity contribution in [2.75, 3.05) is 4.90 Å². The number of allylic oxidation sites excluding steroid dienone is 2. The third-order valence-electron chi connectivity index (χ3n) is 14.7. The van der Waals surface area contributed by atoms with Gasteiger partial charge in [0.1, 0.15) is 0 Å². The normalized spacial score (nSPS) is 19.8. The van der Waals surface area contributed by atoms with Gasteiger partial charge in [-0.1, -0.05) is 187 Å². The lowest BCUT2D eigenvalue weighted by Gasteiger charge is -2.33. The van der Waals surface area contributed by atoms with Crippen molar-refractivity contribution >= 4 is 11.4 Å². The van der Waals surface area contributed by atoms with Crippen molar-refractivity contribution in [3.63, 3.8) is 0 Å². The van der Waals surface area contributed by atoms with Crippen LogP contribution in [0.1, 0.15) is 86.4 Å². The summed E-state index contributed by atoms with van der Waals surface area (Å²) in [6.07, 6.45) is 9.39. The molecule has 0 amide bonds. The van der Waals surface area contributed by atoms with Crippen LogP contribution >= 0.6 is 0 Å². The standard InChI is InChI=1S/C57H47N/c1-55(2)47-25-11-7-17-39(47)43-23-15-21-37(51(43)55)34-31-35(38-22-16-24-44-40-18-8-12-26-48(40)56(3,4)52(38)44)33-36(32-34)58-50-28-14-10-20-42(50)46-30-29-45-41-19-9-13-27-49(41)57(5,6)53(45)54(46)58/h7-33,42,50H,1-6H3. The fourth-order valence-corrected chi connectivity index (χ4v) is 12.2. The molecule has 0 fully saturated rings. The molecule has 58 heavy (non-hydrogen) atoms. The van der Waals surface area contributed by atoms with Crippen LogP contribution in [-0.2, 0) is 16.2 Å². The molecule has 4 aliphatic carbocycles. The third-order valence-corrected chi connectivity index (χ3v) is 14.7. The number of rotatable bonds is 3. The predicted octanol–water partition coefficient (Wildman–Crippen LogP) is 14.7. The van der Waals surface area contributed by atoms with Crippen molar-refractivity contribution in [1.82, 2.24) is 0 Å². The number of hydrogen-bond acceptors (Lipinski definition) is 1. The number of anilines is 2. The lowest BCUT2D eigenvalue weighted by atomic mass is 9.77. The van der Waals surface area contributed by atoms with E-state index in [0.717, 1.165) is 0 Å². The van der Waals surface area contributed by atoms with Gasteiger partial charge in [0.05, 0.1) is 11.7 Å². The first-order chi connectivity index (χ1) is 28.1. The maximum atomic E-state index is 2.73. The zero-order valence-corrected chi connectivity index (χ0v) is 34.2. The zero-order valence-electron chi connectivity index (χ0n) is 34.2. The Morgan fingerprint density at radius 2 is 0.828 bits per heavy atom. The first-order valence-electron chi connectivity index (χ1n) is 21.1. The van der Waals surface area contributed by atoms with Crippen LogP contribution in [-0.4, -0.2) is 6.04 Å². The molecule has 2 atom stereocenters. The molecule has 0 saturated carbocycles. The van der Waals surface area contributed by atoms with Gasteiger partial charge in [-0.05, 0) is 113 Å². The summed E-state index contributed by atoms with van der Waals surface area (Å²) in [4.78, 5) is 2.73. The first kappa shape index (κ1) is 33.9. The van der Waals surface area contributed by atoms with Crippen molar-refractivity contribution in [2.45, 2.75) is 69.7 Å². The van der Waals surface area contributed by atoms with Gasteiger partial charge in [0.15, 0.2) is 0 Å². The van der Waals surface area contributed by atoms with Gasteiger partial charge in [0.2, 0.25) is 0 Å². The fourth-order valence-electron chi connectivity index (χ4n) is 12.2. The minimum atomic E-state index is -0.150. The monoisotopic (exact) mass is 745 g/mol. The van der Waals surface area contributed by atoms with E-state index in [1.807, 2.05) is 0 Å². The molecule has 0 aromatic heterocycles. The Morgan fingerprint density at radius 1 is 0.397 bits per heavy atom. The molecule has 12 rings (SSSR count). The van der Waals surface area contributed by atoms with Gasteiger partial charge in [-0.25, -0.2) is 0 Å². The molecule has 1 aliphatic heterocycles. The molecule has 0 spiro atoms. The first-order valence-corrected chi connectivity index (χ1v) is 21.1. The minimum Gasteiger partial charge on any atom is -0.333 e. The fraction of sp³-hybridized carbons (Fsp3) is 0.193. The van der Waals surface area contributed by atoms with E-state index in [9.17, 15) is 0 Å². The second-order valence-corrected chi connectivity index (χ2v) is 18.8. The highest BCUT2D eigenvalue weighted by Crippen LogP contribution is 2.61. The van der Waals surface area contributed by atoms with Crippen molar-refractivity contribution < 1.29 is 0 Å². The van der Waals surface area contributed by atoms with Crippen molar-refractivity contribution in [2.24, 2.45) is 0 Å². The summed E-state index contributed by atoms with van der Waals surface area (Å²) >= 11 is 0. The third kappa shape index (κ3) is 4.27. The average molecular weight is 746 g/mol. The number of benzene rings is 7. The molecule has 0 bridgehead atoms. The summed E-state index contributed by atoms with van der Waals surface area (Å²) in [5.41, 5.74) is 25.4. The van der Waals surface area contributed by atoms with Crippen LogP contribution in [0.2, 0.25) is 0 Å². The van der Waals surface area contributed by atoms with Gasteiger partial charge >= 0.3 is 0 Å². The molecular formula is C57H47N. The molecule has 1 heteroatoms. The molecule has 280 valence electrons. The second-order valence-electron chi connectivity index (χ2n) is 18.8. The van der Waals surface area contributed by atoms with Gasteiger partial charge in [-0.2, -0.15) is 0 Å². The Kier molecular flexibility index (Phi) is 6.71. The molecule has 7 aromatic carbocycles. The maximum Gasteiger partial charge on any atom is 0.0629 e. The number of fused-ring (bicyclic) bond motifs is 13. The van der Waals surface area contributed by atoms with Gasteiger partial charge in [-0.3, -0.25) is 0 Å². The van der Waals surface area contributed by atoms with E-state index < -0.39 is 0 Å². The van der Waals surface area contributed by atoms with Crippen molar-refractivity contribution in [1.29, 1.82) is 0 Å². The van der Waals surface area contributed by atoms with E-state index in [-0.39, 0.29) is 28.2 Å². The van der Waals surface area contributed by atoms with E-state index in [2.05, 4.69) is 210 Å². The lowest BCUT2D eigenvalue weighted by molar-refractivity contribution is 0.658. The van der Waals surface area contributed by atoms with Crippen molar-refractivity contribution in [3.05, 3.63) is 203 Å². The molecular weight excluding hydrogens is 699 g/mol. The highest BCUT2D eigenvalue weighted by molar-refractivity contribution is 5.96. The Labute approximate surface area is 343 Å². The molecule has 5 aliphatic rings. The Hall–Kier alpha value is -6.18. The molecule has 0 saturated heterocycles. The van der Waals surface area contributed by atoms with Crippen LogP contribution < -0.4 is 4.90 Å². The topological polar surface area (TPSA) is 3.24 Å². The molecule has 0 N–H and O–H groups in total. The van der Waals surface area contributed by atoms with Gasteiger partial charge in [0.25, 0.3) is 0 Å². The summed E-state index contributed by atoms with van der Waals surface area (Å²) in [5.74, 6) is 0.265. The van der Waals surface area contributed by atoms with Gasteiger partial charge in [0, 0.05) is 27.9 Å². The quantitative estimate of drug-likeness (QED) is 0.174. The highest BCUT2D eigenvalue weighted by Gasteiger charge is 2.47. The van der Waals surface area contributed by atoms with E-state index in [0.29, 0.717) is 0 Å². The lowest BCUT2D eigenvalue weighted by Crippen LogP contribution is -2.30. The maximum absolute atomic E-state index is 2.73. The molecule has 0 radical (unpaired) electrons. The number of hydrogen-bond donors (Lipinski definition) is 0. The van der Waals surface area contributed by atoms with Crippen LogP contribution in [0.25, 0.3) is 55.6 Å². The van der Waals surface area contributed by atoms with E-state index in [1.54, 1.807) is 0 Å². The molecule has 1 nitrogen and oxygen atoms in total. The highest BCUT2D eigenvalue weighted by atomic mass is 15.2. The summed E-state index contributed by atoms with van der Waals surface area (Å²) in [7, 11) is 0. The molecule has 1 heterocycles. The SMILES string of the molecule is CC1(C)c2ccccc2-c2cccc(-c3cc(-c4cccc5c4C(C)(C)c4ccccc4-5)cc(N4c5c(ccc6c5C(C)(C)c5ccccc5-6)C5C=CC=CC54)c3)c21. The summed E-state index contributed by atoms with van der Waals surface area (Å²) < 4.78 is 0. The largest absolute Gasteiger partial charge is 0.333 e. The van der Waals surface area contributed by atoms with Crippen LogP contribution in [0.3, 0.4) is 0 Å². The van der Waals surface area contributed by atoms with Crippen LogP contribution in [0.5, 0.6) is 0 Å². The van der Waals surface area contributed by atoms with Crippen molar-refractivity contribution in [3.8, 4) is 55.6 Å². The molecule has 2 unspecified atom stereocenters. The van der Waals surface area contributed by atoms with E-state index >= 15 is 0 Å². The number of nitrogens with zero attached hydrogens (tertiary/aromatic N) is 1. The summed E-state index contributed by atoms with van der Waals surface area (Å²) in [6, 6.07) is 53.7. The van der Waals surface area contributed by atoms with Crippen LogP contribution in [0.15, 0.2) is 164 Å². The van der Waals surface area contributed by atoms with Gasteiger partial charge in [-0.15, -0.1) is 0 Å². The van der Waals surface area contributed by atoms with Gasteiger partial charge < -0.3 is 4.90 Å². The zero-order chi connectivity index (χ0) is 39.3. The van der Waals surface area contributed by atoms with Crippen LogP contribution in [0.4, 0.5) is 11.4 Å². The Morgan fingerprint density at radius 3 is 1.36 bits per heavy atom. The summed E-state index contributed by atoms with van der Waals surface area (Å²) in [6.45, 7) is 14.5. The summed E-state index contributed by atoms with van der Waals surface area (Å²) in [5, 5.41) is 0. The van der Waals surface area contributed by atoms with E-state index in [1.165, 1.54) is 106 Å². The van der Waals surface area contributed by atoms with E-state index in [4.69, 9.17) is 0 Å². The smallest absolute Gasteiger partial charge is 0.0629 e. The Balaban J connectivity index is 1.15. The molecule has 7 aromatic rings. The predicted molar refractivity (Wildman–Crippen MR) is 243 cm³/mol. The minimum absolute atomic E-state index is 0.144. The van der Waals surface area contributed by atoms with Crippen LogP contribution in [0, 0.1) is 0 Å².